The fraction of sp³-hybridized carbons (Fsp3) is 0.350. The molecule has 0 aromatic heterocycles. The summed E-state index contributed by atoms with van der Waals surface area (Å²) in [5.74, 6) is 0.301. The van der Waals surface area contributed by atoms with Crippen molar-refractivity contribution in [1.29, 1.82) is 0 Å². The van der Waals surface area contributed by atoms with E-state index in [0.717, 1.165) is 23.8 Å². The third kappa shape index (κ3) is 4.45. The number of nitrogens with zero attached hydrogens (tertiary/aromatic N) is 2. The average molecular weight is 358 g/mol. The molecule has 1 unspecified atom stereocenters. The zero-order valence-electron chi connectivity index (χ0n) is 14.5. The number of rotatable bonds is 4. The van der Waals surface area contributed by atoms with E-state index in [-0.39, 0.29) is 6.03 Å². The van der Waals surface area contributed by atoms with Crippen molar-refractivity contribution in [3.05, 3.63) is 65.2 Å². The van der Waals surface area contributed by atoms with Crippen molar-refractivity contribution in [3.8, 4) is 0 Å². The highest BCUT2D eigenvalue weighted by atomic mass is 35.5. The largest absolute Gasteiger partial charge is 0.367 e. The molecule has 0 bridgehead atoms. The quantitative estimate of drug-likeness (QED) is 0.898. The maximum atomic E-state index is 12.4. The van der Waals surface area contributed by atoms with Crippen LogP contribution >= 0.6 is 11.6 Å². The second kappa shape index (κ2) is 8.26. The molecule has 0 radical (unpaired) electrons. The van der Waals surface area contributed by atoms with E-state index in [1.807, 2.05) is 47.4 Å². The molecule has 5 heteroatoms. The number of nitrogens with one attached hydrogen (secondary N) is 1. The maximum absolute atomic E-state index is 12.4. The van der Waals surface area contributed by atoms with Crippen LogP contribution in [0.4, 0.5) is 10.5 Å². The van der Waals surface area contributed by atoms with E-state index >= 15 is 0 Å². The zero-order valence-corrected chi connectivity index (χ0v) is 15.2. The normalized spacial score (nSPS) is 15.8. The molecule has 1 saturated heterocycles. The van der Waals surface area contributed by atoms with Crippen molar-refractivity contribution < 1.29 is 4.79 Å². The van der Waals surface area contributed by atoms with Crippen molar-refractivity contribution in [2.24, 2.45) is 0 Å². The number of hydrogen-bond acceptors (Lipinski definition) is 2. The van der Waals surface area contributed by atoms with Gasteiger partial charge in [0.15, 0.2) is 0 Å². The van der Waals surface area contributed by atoms with E-state index in [9.17, 15) is 4.79 Å². The minimum absolute atomic E-state index is 0.0154. The van der Waals surface area contributed by atoms with Gasteiger partial charge in [-0.15, -0.1) is 0 Å². The summed E-state index contributed by atoms with van der Waals surface area (Å²) in [4.78, 5) is 16.5. The maximum Gasteiger partial charge on any atom is 0.317 e. The highest BCUT2D eigenvalue weighted by Gasteiger charge is 2.22. The summed E-state index contributed by atoms with van der Waals surface area (Å²) in [5, 5.41) is 3.82. The zero-order chi connectivity index (χ0) is 17.6. The average Bonchev–Trinajstić information content (AvgIpc) is 2.67. The SMILES string of the molecule is CC(CNC(=O)N1CCN(c2ccccc2Cl)CC1)c1ccccc1. The Morgan fingerprint density at radius 3 is 2.36 bits per heavy atom. The van der Waals surface area contributed by atoms with Gasteiger partial charge in [0.05, 0.1) is 10.7 Å². The van der Waals surface area contributed by atoms with Crippen molar-refractivity contribution in [3.63, 3.8) is 0 Å². The number of amides is 2. The van der Waals surface area contributed by atoms with Crippen LogP contribution in [0.1, 0.15) is 18.4 Å². The Labute approximate surface area is 154 Å². The molecule has 0 spiro atoms. The molecule has 25 heavy (non-hydrogen) atoms. The summed E-state index contributed by atoms with van der Waals surface area (Å²) in [7, 11) is 0. The van der Waals surface area contributed by atoms with Crippen molar-refractivity contribution in [2.75, 3.05) is 37.6 Å². The van der Waals surface area contributed by atoms with Crippen molar-refractivity contribution >= 4 is 23.3 Å². The van der Waals surface area contributed by atoms with Crippen LogP contribution in [0.5, 0.6) is 0 Å². The Morgan fingerprint density at radius 2 is 1.68 bits per heavy atom. The molecule has 0 saturated carbocycles. The predicted molar refractivity (Wildman–Crippen MR) is 103 cm³/mol. The van der Waals surface area contributed by atoms with E-state index in [2.05, 4.69) is 29.3 Å². The lowest BCUT2D eigenvalue weighted by Gasteiger charge is -2.36. The summed E-state index contributed by atoms with van der Waals surface area (Å²) in [6.07, 6.45) is 0. The molecule has 1 aliphatic rings. The van der Waals surface area contributed by atoms with E-state index < -0.39 is 0 Å². The van der Waals surface area contributed by atoms with Gasteiger partial charge in [0.1, 0.15) is 0 Å². The summed E-state index contributed by atoms with van der Waals surface area (Å²) in [6.45, 7) is 5.78. The second-order valence-electron chi connectivity index (χ2n) is 6.42. The van der Waals surface area contributed by atoms with Crippen LogP contribution in [0.2, 0.25) is 5.02 Å². The van der Waals surface area contributed by atoms with Crippen LogP contribution in [-0.2, 0) is 0 Å². The Morgan fingerprint density at radius 1 is 1.04 bits per heavy atom. The molecule has 1 heterocycles. The third-order valence-electron chi connectivity index (χ3n) is 4.69. The van der Waals surface area contributed by atoms with Gasteiger partial charge in [-0.2, -0.15) is 0 Å². The van der Waals surface area contributed by atoms with E-state index in [1.54, 1.807) is 0 Å². The molecule has 2 amide bonds. The Hall–Kier alpha value is -2.20. The topological polar surface area (TPSA) is 35.6 Å². The number of piperazine rings is 1. The molecular formula is C20H24ClN3O. The summed E-state index contributed by atoms with van der Waals surface area (Å²) in [5.41, 5.74) is 2.29. The van der Waals surface area contributed by atoms with E-state index in [4.69, 9.17) is 11.6 Å². The number of anilines is 1. The Balaban J connectivity index is 1.48. The number of halogens is 1. The molecule has 1 atom stereocenters. The molecular weight excluding hydrogens is 334 g/mol. The van der Waals surface area contributed by atoms with Gasteiger partial charge in [0.2, 0.25) is 0 Å². The number of carbonyl (C=O) groups is 1. The first-order valence-electron chi connectivity index (χ1n) is 8.72. The lowest BCUT2D eigenvalue weighted by Crippen LogP contribution is -2.52. The van der Waals surface area contributed by atoms with Crippen LogP contribution in [0.25, 0.3) is 0 Å². The number of para-hydroxylation sites is 1. The molecule has 1 aliphatic heterocycles. The van der Waals surface area contributed by atoms with Crippen molar-refractivity contribution in [2.45, 2.75) is 12.8 Å². The first-order chi connectivity index (χ1) is 12.1. The first kappa shape index (κ1) is 17.6. The summed E-state index contributed by atoms with van der Waals surface area (Å²) < 4.78 is 0. The molecule has 132 valence electrons. The summed E-state index contributed by atoms with van der Waals surface area (Å²) in [6, 6.07) is 18.1. The van der Waals surface area contributed by atoms with Gasteiger partial charge in [-0.05, 0) is 23.6 Å². The molecule has 2 aromatic rings. The summed E-state index contributed by atoms with van der Waals surface area (Å²) >= 11 is 6.26. The minimum Gasteiger partial charge on any atom is -0.367 e. The first-order valence-corrected chi connectivity index (χ1v) is 9.10. The van der Waals surface area contributed by atoms with Crippen LogP contribution in [-0.4, -0.2) is 43.7 Å². The predicted octanol–water partition coefficient (Wildman–Crippen LogP) is 3.98. The Kier molecular flexibility index (Phi) is 5.82. The van der Waals surface area contributed by atoms with Gasteiger partial charge < -0.3 is 15.1 Å². The molecule has 4 nitrogen and oxygen atoms in total. The van der Waals surface area contributed by atoms with E-state index in [0.29, 0.717) is 25.6 Å². The van der Waals surface area contributed by atoms with Crippen LogP contribution in [0, 0.1) is 0 Å². The van der Waals surface area contributed by atoms with Gasteiger partial charge >= 0.3 is 6.03 Å². The van der Waals surface area contributed by atoms with Gasteiger partial charge in [0.25, 0.3) is 0 Å². The number of hydrogen-bond donors (Lipinski definition) is 1. The molecule has 1 N–H and O–H groups in total. The third-order valence-corrected chi connectivity index (χ3v) is 5.01. The molecule has 3 rings (SSSR count). The standard InChI is InChI=1S/C20H24ClN3O/c1-16(17-7-3-2-4-8-17)15-22-20(25)24-13-11-23(12-14-24)19-10-6-5-9-18(19)21/h2-10,16H,11-15H2,1H3,(H,22,25). The lowest BCUT2D eigenvalue weighted by atomic mass is 10.0. The van der Waals surface area contributed by atoms with Gasteiger partial charge in [0, 0.05) is 32.7 Å². The number of benzene rings is 2. The number of urea groups is 1. The molecule has 1 fully saturated rings. The van der Waals surface area contributed by atoms with E-state index in [1.165, 1.54) is 5.56 Å². The smallest absolute Gasteiger partial charge is 0.317 e. The van der Waals surface area contributed by atoms with Crippen LogP contribution in [0.15, 0.2) is 54.6 Å². The highest BCUT2D eigenvalue weighted by molar-refractivity contribution is 6.33. The lowest BCUT2D eigenvalue weighted by molar-refractivity contribution is 0.194. The fourth-order valence-corrected chi connectivity index (χ4v) is 3.37. The van der Waals surface area contributed by atoms with Crippen LogP contribution in [0.3, 0.4) is 0 Å². The van der Waals surface area contributed by atoms with Gasteiger partial charge in [-0.1, -0.05) is 61.0 Å². The van der Waals surface area contributed by atoms with Gasteiger partial charge in [-0.25, -0.2) is 4.79 Å². The van der Waals surface area contributed by atoms with Gasteiger partial charge in [-0.3, -0.25) is 0 Å². The monoisotopic (exact) mass is 357 g/mol. The fourth-order valence-electron chi connectivity index (χ4n) is 3.11. The van der Waals surface area contributed by atoms with Crippen molar-refractivity contribution in [1.82, 2.24) is 10.2 Å². The van der Waals surface area contributed by atoms with Crippen LogP contribution < -0.4 is 10.2 Å². The highest BCUT2D eigenvalue weighted by Crippen LogP contribution is 2.26. The molecule has 2 aromatic carbocycles. The Bertz CT molecular complexity index is 699. The second-order valence-corrected chi connectivity index (χ2v) is 6.83. The minimum atomic E-state index is 0.0154. The molecule has 0 aliphatic carbocycles. The number of carbonyl (C=O) groups excluding carboxylic acids is 1.